The number of hydrogen-bond acceptors (Lipinski definition) is 2. The van der Waals surface area contributed by atoms with Crippen molar-refractivity contribution in [2.24, 2.45) is 0 Å². The van der Waals surface area contributed by atoms with Crippen molar-refractivity contribution in [3.63, 3.8) is 0 Å². The molecule has 2 aromatic carbocycles. The van der Waals surface area contributed by atoms with Gasteiger partial charge in [0.25, 0.3) is 17.2 Å². The first-order valence-electron chi connectivity index (χ1n) is 5.73. The third-order valence-electron chi connectivity index (χ3n) is 3.09. The van der Waals surface area contributed by atoms with E-state index in [2.05, 4.69) is 0 Å². The Morgan fingerprint density at radius 2 is 1.71 bits per heavy atom. The SMILES string of the molecule is O=C1C(c2ccc(F)c(F)c2)=[N+]([O-])c2c(F)cc(Cl)cc21. The van der Waals surface area contributed by atoms with Crippen molar-refractivity contribution in [3.05, 3.63) is 69.1 Å². The van der Waals surface area contributed by atoms with E-state index in [1.165, 1.54) is 0 Å². The molecule has 0 bridgehead atoms. The number of halogens is 4. The summed E-state index contributed by atoms with van der Waals surface area (Å²) in [6, 6.07) is 4.61. The van der Waals surface area contributed by atoms with Crippen LogP contribution in [0.5, 0.6) is 0 Å². The summed E-state index contributed by atoms with van der Waals surface area (Å²) >= 11 is 5.65. The van der Waals surface area contributed by atoms with Gasteiger partial charge < -0.3 is 5.21 Å². The van der Waals surface area contributed by atoms with E-state index in [0.29, 0.717) is 6.07 Å². The fourth-order valence-corrected chi connectivity index (χ4v) is 2.37. The van der Waals surface area contributed by atoms with Crippen molar-refractivity contribution < 1.29 is 22.7 Å². The standard InChI is InChI=1S/C14H5ClF3NO2/c15-7-4-8-13(11(18)5-7)19(21)12(14(8)20)6-1-2-9(16)10(17)3-6/h1-5H. The number of ketones is 1. The number of hydrogen-bond donors (Lipinski definition) is 0. The topological polar surface area (TPSA) is 43.1 Å². The highest BCUT2D eigenvalue weighted by Gasteiger charge is 2.39. The fourth-order valence-electron chi connectivity index (χ4n) is 2.17. The normalized spacial score (nSPS) is 13.8. The zero-order chi connectivity index (χ0) is 15.3. The summed E-state index contributed by atoms with van der Waals surface area (Å²) in [5.74, 6) is -4.09. The van der Waals surface area contributed by atoms with Crippen molar-refractivity contribution in [1.29, 1.82) is 0 Å². The van der Waals surface area contributed by atoms with Gasteiger partial charge in [0.05, 0.1) is 5.56 Å². The van der Waals surface area contributed by atoms with E-state index < -0.39 is 34.6 Å². The predicted octanol–water partition coefficient (Wildman–Crippen LogP) is 3.58. The van der Waals surface area contributed by atoms with E-state index in [1.54, 1.807) is 0 Å². The minimum Gasteiger partial charge on any atom is -0.618 e. The van der Waals surface area contributed by atoms with Crippen LogP contribution in [0.3, 0.4) is 0 Å². The average molecular weight is 312 g/mol. The number of Topliss-reactive ketones (excluding diaryl/α,β-unsaturated/α-hetero) is 1. The van der Waals surface area contributed by atoms with Crippen molar-refractivity contribution in [2.75, 3.05) is 0 Å². The van der Waals surface area contributed by atoms with E-state index >= 15 is 0 Å². The first kappa shape index (κ1) is 13.6. The lowest BCUT2D eigenvalue weighted by Crippen LogP contribution is -2.17. The molecule has 0 fully saturated rings. The van der Waals surface area contributed by atoms with Gasteiger partial charge in [0.1, 0.15) is 5.56 Å². The Hall–Kier alpha value is -2.34. The molecule has 0 saturated heterocycles. The van der Waals surface area contributed by atoms with Crippen molar-refractivity contribution in [3.8, 4) is 0 Å². The summed E-state index contributed by atoms with van der Waals surface area (Å²) < 4.78 is 40.0. The van der Waals surface area contributed by atoms with E-state index in [1.807, 2.05) is 0 Å². The molecule has 106 valence electrons. The van der Waals surface area contributed by atoms with Crippen LogP contribution in [0, 0.1) is 22.7 Å². The summed E-state index contributed by atoms with van der Waals surface area (Å²) in [5, 5.41) is 12.1. The molecule has 3 nitrogen and oxygen atoms in total. The van der Waals surface area contributed by atoms with Crippen LogP contribution in [0.2, 0.25) is 5.02 Å². The molecule has 0 radical (unpaired) electrons. The van der Waals surface area contributed by atoms with E-state index in [0.717, 1.165) is 24.3 Å². The van der Waals surface area contributed by atoms with Crippen LogP contribution in [0.4, 0.5) is 18.9 Å². The second-order valence-electron chi connectivity index (χ2n) is 4.38. The lowest BCUT2D eigenvalue weighted by Gasteiger charge is -2.03. The molecule has 1 heterocycles. The maximum atomic E-state index is 13.8. The first-order chi connectivity index (χ1) is 9.90. The van der Waals surface area contributed by atoms with Crippen LogP contribution in [-0.4, -0.2) is 16.2 Å². The Morgan fingerprint density at radius 1 is 1.00 bits per heavy atom. The van der Waals surface area contributed by atoms with E-state index in [9.17, 15) is 23.2 Å². The lowest BCUT2D eigenvalue weighted by atomic mass is 10.0. The maximum Gasteiger partial charge on any atom is 0.273 e. The maximum absolute atomic E-state index is 13.8. The minimum atomic E-state index is -1.21. The van der Waals surface area contributed by atoms with Gasteiger partial charge in [-0.2, -0.15) is 9.13 Å². The van der Waals surface area contributed by atoms with Gasteiger partial charge in [-0.15, -0.1) is 0 Å². The summed E-state index contributed by atoms with van der Waals surface area (Å²) in [6.07, 6.45) is 0. The molecule has 0 amide bonds. The molecule has 1 aliphatic heterocycles. The first-order valence-corrected chi connectivity index (χ1v) is 6.11. The van der Waals surface area contributed by atoms with Crippen molar-refractivity contribution >= 4 is 28.8 Å². The summed E-state index contributed by atoms with van der Waals surface area (Å²) in [6.45, 7) is 0. The Bertz CT molecular complexity index is 833. The van der Waals surface area contributed by atoms with Crippen LogP contribution in [-0.2, 0) is 0 Å². The van der Waals surface area contributed by atoms with Crippen LogP contribution in [0.15, 0.2) is 30.3 Å². The summed E-state index contributed by atoms with van der Waals surface area (Å²) in [5.41, 5.74) is -1.32. The highest BCUT2D eigenvalue weighted by molar-refractivity contribution is 6.52. The molecule has 0 spiro atoms. The molecule has 0 unspecified atom stereocenters. The van der Waals surface area contributed by atoms with Gasteiger partial charge in [0, 0.05) is 5.02 Å². The summed E-state index contributed by atoms with van der Waals surface area (Å²) in [4.78, 5) is 12.2. The Labute approximate surface area is 121 Å². The molecule has 0 saturated carbocycles. The average Bonchev–Trinajstić information content (AvgIpc) is 2.65. The van der Waals surface area contributed by atoms with Gasteiger partial charge in [-0.3, -0.25) is 4.79 Å². The molecule has 0 N–H and O–H groups in total. The van der Waals surface area contributed by atoms with Gasteiger partial charge in [-0.25, -0.2) is 8.78 Å². The number of fused-ring (bicyclic) bond motifs is 1. The van der Waals surface area contributed by atoms with Crippen LogP contribution in [0.1, 0.15) is 15.9 Å². The van der Waals surface area contributed by atoms with Gasteiger partial charge in [0.2, 0.25) is 0 Å². The zero-order valence-electron chi connectivity index (χ0n) is 10.2. The number of carbonyl (C=O) groups is 1. The number of rotatable bonds is 1. The van der Waals surface area contributed by atoms with E-state index in [-0.39, 0.29) is 20.9 Å². The third kappa shape index (κ3) is 1.99. The van der Waals surface area contributed by atoms with Crippen LogP contribution in [0.25, 0.3) is 0 Å². The fraction of sp³-hybridized carbons (Fsp3) is 0. The molecule has 21 heavy (non-hydrogen) atoms. The molecule has 0 aliphatic carbocycles. The largest absolute Gasteiger partial charge is 0.618 e. The highest BCUT2D eigenvalue weighted by Crippen LogP contribution is 2.33. The third-order valence-corrected chi connectivity index (χ3v) is 3.31. The lowest BCUT2D eigenvalue weighted by molar-refractivity contribution is -0.358. The van der Waals surface area contributed by atoms with Crippen molar-refractivity contribution in [1.82, 2.24) is 0 Å². The minimum absolute atomic E-state index is 0.0421. The zero-order valence-corrected chi connectivity index (χ0v) is 10.9. The predicted molar refractivity (Wildman–Crippen MR) is 69.5 cm³/mol. The molecule has 7 heteroatoms. The van der Waals surface area contributed by atoms with Crippen LogP contribution >= 0.6 is 11.6 Å². The smallest absolute Gasteiger partial charge is 0.273 e. The molecule has 0 aromatic heterocycles. The van der Waals surface area contributed by atoms with Gasteiger partial charge in [-0.1, -0.05) is 11.6 Å². The van der Waals surface area contributed by atoms with Gasteiger partial charge in [-0.05, 0) is 30.3 Å². The highest BCUT2D eigenvalue weighted by atomic mass is 35.5. The Morgan fingerprint density at radius 3 is 2.38 bits per heavy atom. The molecule has 1 aliphatic rings. The van der Waals surface area contributed by atoms with E-state index in [4.69, 9.17) is 11.6 Å². The Kier molecular flexibility index (Phi) is 2.98. The number of benzene rings is 2. The second kappa shape index (κ2) is 4.60. The quantitative estimate of drug-likeness (QED) is 0.597. The number of nitrogens with zero attached hydrogens (tertiary/aromatic N) is 1. The second-order valence-corrected chi connectivity index (χ2v) is 4.82. The molecule has 3 rings (SSSR count). The Balaban J connectivity index is 2.23. The summed E-state index contributed by atoms with van der Waals surface area (Å²) in [7, 11) is 0. The molecular formula is C14H5ClF3NO2. The van der Waals surface area contributed by atoms with Gasteiger partial charge in [0.15, 0.2) is 17.5 Å². The molecule has 2 aromatic rings. The monoisotopic (exact) mass is 311 g/mol. The number of carbonyl (C=O) groups excluding carboxylic acids is 1. The van der Waals surface area contributed by atoms with Crippen LogP contribution < -0.4 is 0 Å². The van der Waals surface area contributed by atoms with Gasteiger partial charge >= 0.3 is 0 Å². The molecule has 0 atom stereocenters. The van der Waals surface area contributed by atoms with Crippen molar-refractivity contribution in [2.45, 2.75) is 0 Å². The molecular weight excluding hydrogens is 307 g/mol.